The van der Waals surface area contributed by atoms with Crippen LogP contribution in [0.1, 0.15) is 40.0 Å². The number of imidazole rings is 1. The zero-order valence-corrected chi connectivity index (χ0v) is 30.3. The molecule has 0 radical (unpaired) electrons. The molecule has 0 spiro atoms. The van der Waals surface area contributed by atoms with Crippen LogP contribution in [0.3, 0.4) is 0 Å². The maximum atomic E-state index is 9.62. The second-order valence-electron chi connectivity index (χ2n) is 13.6. The van der Waals surface area contributed by atoms with Crippen LogP contribution in [0.2, 0.25) is 0 Å². The maximum absolute atomic E-state index is 9.62. The fourth-order valence-electron chi connectivity index (χ4n) is 7.87. The van der Waals surface area contributed by atoms with Crippen molar-refractivity contribution in [3.05, 3.63) is 197 Å². The highest BCUT2D eigenvalue weighted by Gasteiger charge is 2.40. The van der Waals surface area contributed by atoms with Gasteiger partial charge in [-0.1, -0.05) is 103 Å². The fourth-order valence-corrected chi connectivity index (χ4v) is 8.91. The Morgan fingerprint density at radius 1 is 0.778 bits per heavy atom. The molecule has 1 aliphatic heterocycles. The SMILES string of the molecule is [C-]#[N+][C@@H]1CCCN1Cc1ccc(-c2cnc3ccc(-c4cn(C(c5ccccc5)(c5ccccc5)c5ccccc5)nc4-c4ccc(C#N)cc4)cn23)s1. The third-order valence-electron chi connectivity index (χ3n) is 10.5. The van der Waals surface area contributed by atoms with Gasteiger partial charge in [-0.2, -0.15) is 10.4 Å². The minimum absolute atomic E-state index is 0.0236. The van der Waals surface area contributed by atoms with Crippen molar-refractivity contribution in [2.24, 2.45) is 0 Å². The number of fused-ring (bicyclic) bond motifs is 1. The summed E-state index contributed by atoms with van der Waals surface area (Å²) in [5, 5.41) is 15.1. The van der Waals surface area contributed by atoms with Crippen molar-refractivity contribution < 1.29 is 0 Å². The van der Waals surface area contributed by atoms with Crippen LogP contribution < -0.4 is 0 Å². The summed E-state index contributed by atoms with van der Waals surface area (Å²) >= 11 is 1.76. The van der Waals surface area contributed by atoms with Crippen molar-refractivity contribution >= 4 is 17.0 Å². The van der Waals surface area contributed by atoms with Crippen LogP contribution in [0.5, 0.6) is 0 Å². The highest BCUT2D eigenvalue weighted by molar-refractivity contribution is 7.15. The van der Waals surface area contributed by atoms with Gasteiger partial charge in [0.05, 0.1) is 28.4 Å². The lowest BCUT2D eigenvalue weighted by molar-refractivity contribution is 0.282. The van der Waals surface area contributed by atoms with E-state index in [4.69, 9.17) is 16.7 Å². The van der Waals surface area contributed by atoms with E-state index < -0.39 is 5.54 Å². The highest BCUT2D eigenvalue weighted by Crippen LogP contribution is 2.43. The molecule has 260 valence electrons. The lowest BCUT2D eigenvalue weighted by Crippen LogP contribution is -2.38. The van der Waals surface area contributed by atoms with Crippen LogP contribution in [0.25, 0.3) is 43.4 Å². The number of hydrogen-bond donors (Lipinski definition) is 0. The monoisotopic (exact) mass is 717 g/mol. The second kappa shape index (κ2) is 14.1. The summed E-state index contributed by atoms with van der Waals surface area (Å²) in [5.74, 6) is 0. The van der Waals surface area contributed by atoms with Gasteiger partial charge in [-0.15, -0.1) is 11.3 Å². The van der Waals surface area contributed by atoms with Crippen molar-refractivity contribution in [3.63, 3.8) is 0 Å². The topological polar surface area (TPSA) is 66.5 Å². The Bertz CT molecular complexity index is 2550. The molecule has 0 bridgehead atoms. The molecular formula is C46H35N7S. The van der Waals surface area contributed by atoms with E-state index >= 15 is 0 Å². The molecule has 9 rings (SSSR count). The number of likely N-dealkylation sites (tertiary alicyclic amines) is 1. The van der Waals surface area contributed by atoms with Crippen molar-refractivity contribution in [2.45, 2.75) is 31.1 Å². The van der Waals surface area contributed by atoms with Gasteiger partial charge in [0, 0.05) is 53.5 Å². The number of nitriles is 1. The van der Waals surface area contributed by atoms with Gasteiger partial charge in [-0.25, -0.2) is 16.5 Å². The Morgan fingerprint density at radius 3 is 2.06 bits per heavy atom. The summed E-state index contributed by atoms with van der Waals surface area (Å²) in [7, 11) is 0. The van der Waals surface area contributed by atoms with Gasteiger partial charge in [0.15, 0.2) is 0 Å². The van der Waals surface area contributed by atoms with Crippen LogP contribution in [-0.4, -0.2) is 36.8 Å². The molecular weight excluding hydrogens is 683 g/mol. The smallest absolute Gasteiger partial charge is 0.280 e. The van der Waals surface area contributed by atoms with Crippen LogP contribution in [0.4, 0.5) is 0 Å². The van der Waals surface area contributed by atoms with Gasteiger partial charge >= 0.3 is 0 Å². The first-order valence-corrected chi connectivity index (χ1v) is 18.9. The van der Waals surface area contributed by atoms with Crippen molar-refractivity contribution in [2.75, 3.05) is 6.54 Å². The number of hydrogen-bond acceptors (Lipinski definition) is 5. The molecule has 1 fully saturated rings. The summed E-state index contributed by atoms with van der Waals surface area (Å²) in [6.45, 7) is 9.37. The number of rotatable bonds is 9. The predicted molar refractivity (Wildman–Crippen MR) is 215 cm³/mol. The Morgan fingerprint density at radius 2 is 1.43 bits per heavy atom. The van der Waals surface area contributed by atoms with E-state index in [0.717, 1.165) is 81.2 Å². The Hall–Kier alpha value is -6.58. The Kier molecular flexibility index (Phi) is 8.69. The molecule has 8 aromatic rings. The van der Waals surface area contributed by atoms with E-state index in [0.29, 0.717) is 5.56 Å². The lowest BCUT2D eigenvalue weighted by atomic mass is 9.77. The number of nitrogens with zero attached hydrogens (tertiary/aromatic N) is 7. The standard InChI is InChI=1S/C46H35N7S/c1-48-43-18-11-27-51(43)31-39-24-25-42(54-39)41-29-49-44-26-23-35(30-52(41)44)40-32-53(50-45(40)34-21-19-33(28-47)20-22-34)46(36-12-5-2-6-13-36,37-14-7-3-8-15-37)38-16-9-4-10-17-38/h2-10,12-17,19-26,29-30,32,43H,11,18,27,31H2/t43-/m0/s1. The van der Waals surface area contributed by atoms with Crippen molar-refractivity contribution in [3.8, 4) is 39.0 Å². The van der Waals surface area contributed by atoms with E-state index in [-0.39, 0.29) is 6.17 Å². The van der Waals surface area contributed by atoms with Crippen LogP contribution >= 0.6 is 11.3 Å². The van der Waals surface area contributed by atoms with E-state index in [1.165, 1.54) is 4.88 Å². The molecule has 8 heteroatoms. The maximum Gasteiger partial charge on any atom is 0.280 e. The van der Waals surface area contributed by atoms with Gasteiger partial charge in [-0.3, -0.25) is 13.9 Å². The molecule has 1 aliphatic rings. The quantitative estimate of drug-likeness (QED) is 0.110. The third-order valence-corrected chi connectivity index (χ3v) is 11.6. The molecule has 0 saturated carbocycles. The summed E-state index contributed by atoms with van der Waals surface area (Å²) in [5.41, 5.74) is 8.60. The fraction of sp³-hybridized carbons (Fsp3) is 0.130. The van der Waals surface area contributed by atoms with Crippen molar-refractivity contribution in [1.29, 1.82) is 5.26 Å². The first kappa shape index (κ1) is 33.3. The third kappa shape index (κ3) is 5.79. The minimum Gasteiger partial charge on any atom is -0.298 e. The molecule has 0 unspecified atom stereocenters. The van der Waals surface area contributed by atoms with Crippen LogP contribution in [0, 0.1) is 17.9 Å². The molecule has 1 atom stereocenters. The Balaban J connectivity index is 1.23. The van der Waals surface area contributed by atoms with Crippen LogP contribution in [-0.2, 0) is 12.1 Å². The normalized spacial score (nSPS) is 14.6. The molecule has 1 saturated heterocycles. The minimum atomic E-state index is -0.803. The zero-order valence-electron chi connectivity index (χ0n) is 29.5. The molecule has 5 heterocycles. The predicted octanol–water partition coefficient (Wildman–Crippen LogP) is 10.1. The summed E-state index contributed by atoms with van der Waals surface area (Å²) in [6, 6.07) is 50.2. The number of thiophene rings is 1. The Labute approximate surface area is 318 Å². The van der Waals surface area contributed by atoms with Gasteiger partial charge in [0.25, 0.3) is 6.17 Å². The van der Waals surface area contributed by atoms with Gasteiger partial charge in [0.2, 0.25) is 0 Å². The largest absolute Gasteiger partial charge is 0.298 e. The molecule has 54 heavy (non-hydrogen) atoms. The number of aromatic nitrogens is 4. The van der Waals surface area contributed by atoms with Crippen LogP contribution in [0.15, 0.2) is 158 Å². The molecule has 0 N–H and O–H groups in total. The van der Waals surface area contributed by atoms with Gasteiger partial charge in [0.1, 0.15) is 16.9 Å². The van der Waals surface area contributed by atoms with E-state index in [2.05, 4.69) is 134 Å². The summed E-state index contributed by atoms with van der Waals surface area (Å²) in [4.78, 5) is 13.3. The molecule has 7 nitrogen and oxygen atoms in total. The molecule has 0 aliphatic carbocycles. The molecule has 4 aromatic heterocycles. The zero-order chi connectivity index (χ0) is 36.5. The number of pyridine rings is 1. The second-order valence-corrected chi connectivity index (χ2v) is 14.8. The summed E-state index contributed by atoms with van der Waals surface area (Å²) in [6.07, 6.45) is 8.28. The average molecular weight is 718 g/mol. The average Bonchev–Trinajstić information content (AvgIpc) is 4.07. The molecule has 4 aromatic carbocycles. The van der Waals surface area contributed by atoms with Crippen molar-refractivity contribution in [1.82, 2.24) is 24.1 Å². The van der Waals surface area contributed by atoms with Gasteiger partial charge < -0.3 is 0 Å². The van der Waals surface area contributed by atoms with Gasteiger partial charge in [-0.05, 0) is 59.5 Å². The molecule has 0 amide bonds. The van der Waals surface area contributed by atoms with E-state index in [1.54, 1.807) is 11.3 Å². The van der Waals surface area contributed by atoms with E-state index in [9.17, 15) is 5.26 Å². The summed E-state index contributed by atoms with van der Waals surface area (Å²) < 4.78 is 4.29. The first-order valence-electron chi connectivity index (χ1n) is 18.1. The lowest BCUT2D eigenvalue weighted by Gasteiger charge is -2.36. The number of benzene rings is 4. The highest BCUT2D eigenvalue weighted by atomic mass is 32.1. The first-order chi connectivity index (χ1) is 26.6. The van der Waals surface area contributed by atoms with E-state index in [1.807, 2.05) is 48.7 Å².